The van der Waals surface area contributed by atoms with Crippen molar-refractivity contribution in [2.45, 2.75) is 44.7 Å². The Labute approximate surface area is 148 Å². The summed E-state index contributed by atoms with van der Waals surface area (Å²) in [6, 6.07) is 9.55. The summed E-state index contributed by atoms with van der Waals surface area (Å²) in [7, 11) is 0. The van der Waals surface area contributed by atoms with E-state index in [-0.39, 0.29) is 6.04 Å². The third kappa shape index (κ3) is 2.31. The van der Waals surface area contributed by atoms with Crippen molar-refractivity contribution < 1.29 is 0 Å². The third-order valence-corrected chi connectivity index (χ3v) is 6.26. The number of aromatic nitrogens is 3. The molecule has 25 heavy (non-hydrogen) atoms. The first-order chi connectivity index (χ1) is 12.4. The van der Waals surface area contributed by atoms with E-state index in [4.69, 9.17) is 0 Å². The van der Waals surface area contributed by atoms with Gasteiger partial charge < -0.3 is 4.98 Å². The van der Waals surface area contributed by atoms with E-state index in [1.165, 1.54) is 41.4 Å². The minimum absolute atomic E-state index is 0.198. The zero-order valence-corrected chi connectivity index (χ0v) is 14.7. The van der Waals surface area contributed by atoms with Crippen molar-refractivity contribution in [3.8, 4) is 0 Å². The van der Waals surface area contributed by atoms with Gasteiger partial charge in [0.05, 0.1) is 17.9 Å². The number of hydrogen-bond donors (Lipinski definition) is 1. The van der Waals surface area contributed by atoms with Gasteiger partial charge in [-0.15, -0.1) is 0 Å². The van der Waals surface area contributed by atoms with Crippen LogP contribution in [0.15, 0.2) is 42.9 Å². The first-order valence-electron chi connectivity index (χ1n) is 9.48. The lowest BCUT2D eigenvalue weighted by molar-refractivity contribution is 0.0293. The highest BCUT2D eigenvalue weighted by molar-refractivity contribution is 5.85. The van der Waals surface area contributed by atoms with Crippen LogP contribution in [0.5, 0.6) is 0 Å². The molecule has 4 nitrogen and oxygen atoms in total. The van der Waals surface area contributed by atoms with Gasteiger partial charge in [0, 0.05) is 41.6 Å². The van der Waals surface area contributed by atoms with Crippen LogP contribution in [0, 0.1) is 5.92 Å². The highest BCUT2D eigenvalue weighted by Gasteiger charge is 2.42. The molecule has 3 aromatic rings. The van der Waals surface area contributed by atoms with E-state index in [0.29, 0.717) is 6.04 Å². The lowest BCUT2D eigenvalue weighted by Gasteiger charge is -2.49. The van der Waals surface area contributed by atoms with Gasteiger partial charge in [-0.05, 0) is 36.8 Å². The number of aromatic amines is 1. The van der Waals surface area contributed by atoms with E-state index in [1.54, 1.807) is 6.20 Å². The lowest BCUT2D eigenvalue weighted by atomic mass is 9.75. The highest BCUT2D eigenvalue weighted by Crippen LogP contribution is 2.44. The predicted octanol–water partition coefficient (Wildman–Crippen LogP) is 4.09. The van der Waals surface area contributed by atoms with Crippen LogP contribution in [0.2, 0.25) is 0 Å². The summed E-state index contributed by atoms with van der Waals surface area (Å²) in [5.41, 5.74) is 5.10. The number of hydrogen-bond acceptors (Lipinski definition) is 3. The zero-order chi connectivity index (χ0) is 16.8. The van der Waals surface area contributed by atoms with Crippen LogP contribution in [0.3, 0.4) is 0 Å². The molecule has 4 heteroatoms. The van der Waals surface area contributed by atoms with Crippen LogP contribution >= 0.6 is 0 Å². The standard InChI is InChI=1S/C21H24N4/c1-2-14-7-8-19(14)25-12-9-16-15-5-3-4-6-17(15)24-20(16)21(25)18-13-22-10-11-23-18/h3-6,10-11,13-14,19,21,24H,2,7-9,12H2,1H3. The quantitative estimate of drug-likeness (QED) is 0.785. The molecule has 0 amide bonds. The molecule has 3 heterocycles. The second-order valence-electron chi connectivity index (χ2n) is 7.40. The predicted molar refractivity (Wildman–Crippen MR) is 99.4 cm³/mol. The van der Waals surface area contributed by atoms with Gasteiger partial charge in [-0.1, -0.05) is 31.5 Å². The van der Waals surface area contributed by atoms with Crippen molar-refractivity contribution >= 4 is 10.9 Å². The molecule has 1 saturated carbocycles. The molecule has 1 fully saturated rings. The van der Waals surface area contributed by atoms with Crippen molar-refractivity contribution in [2.24, 2.45) is 5.92 Å². The fourth-order valence-electron chi connectivity index (χ4n) is 4.85. The summed E-state index contributed by atoms with van der Waals surface area (Å²) >= 11 is 0. The van der Waals surface area contributed by atoms with E-state index in [2.05, 4.69) is 51.0 Å². The smallest absolute Gasteiger partial charge is 0.0949 e. The van der Waals surface area contributed by atoms with Gasteiger partial charge in [-0.2, -0.15) is 0 Å². The van der Waals surface area contributed by atoms with Crippen LogP contribution in [0.25, 0.3) is 10.9 Å². The van der Waals surface area contributed by atoms with Crippen molar-refractivity contribution in [3.63, 3.8) is 0 Å². The number of nitrogens with zero attached hydrogens (tertiary/aromatic N) is 3. The average Bonchev–Trinajstić information content (AvgIpc) is 3.00. The molecular formula is C21H24N4. The first kappa shape index (κ1) is 15.1. The number of fused-ring (bicyclic) bond motifs is 3. The lowest BCUT2D eigenvalue weighted by Crippen LogP contribution is -2.51. The Bertz CT molecular complexity index is 883. The topological polar surface area (TPSA) is 44.8 Å². The van der Waals surface area contributed by atoms with Gasteiger partial charge >= 0.3 is 0 Å². The van der Waals surface area contributed by atoms with E-state index in [9.17, 15) is 0 Å². The van der Waals surface area contributed by atoms with E-state index in [0.717, 1.165) is 24.6 Å². The maximum absolute atomic E-state index is 4.69. The van der Waals surface area contributed by atoms with Crippen LogP contribution in [-0.2, 0) is 6.42 Å². The van der Waals surface area contributed by atoms with Crippen LogP contribution in [0.4, 0.5) is 0 Å². The Hall–Kier alpha value is -2.20. The minimum atomic E-state index is 0.198. The summed E-state index contributed by atoms with van der Waals surface area (Å²) in [4.78, 5) is 15.5. The van der Waals surface area contributed by atoms with Crippen molar-refractivity contribution in [3.05, 3.63) is 59.8 Å². The second-order valence-corrected chi connectivity index (χ2v) is 7.40. The van der Waals surface area contributed by atoms with E-state index >= 15 is 0 Å². The number of benzene rings is 1. The maximum Gasteiger partial charge on any atom is 0.0949 e. The molecule has 2 aromatic heterocycles. The average molecular weight is 332 g/mol. The summed E-state index contributed by atoms with van der Waals surface area (Å²) in [6.45, 7) is 3.43. The van der Waals surface area contributed by atoms with Gasteiger partial charge in [-0.25, -0.2) is 0 Å². The van der Waals surface area contributed by atoms with Gasteiger partial charge in [0.25, 0.3) is 0 Å². The summed E-state index contributed by atoms with van der Waals surface area (Å²) in [5, 5.41) is 1.37. The molecule has 5 rings (SSSR count). The Morgan fingerprint density at radius 2 is 2.12 bits per heavy atom. The summed E-state index contributed by atoms with van der Waals surface area (Å²) < 4.78 is 0. The molecule has 2 aliphatic rings. The van der Waals surface area contributed by atoms with E-state index < -0.39 is 0 Å². The largest absolute Gasteiger partial charge is 0.357 e. The zero-order valence-electron chi connectivity index (χ0n) is 14.7. The SMILES string of the molecule is CCC1CCC1N1CCc2c([nH]c3ccccc23)C1c1cnccn1. The maximum atomic E-state index is 4.69. The Morgan fingerprint density at radius 1 is 1.20 bits per heavy atom. The van der Waals surface area contributed by atoms with Crippen molar-refractivity contribution in [2.75, 3.05) is 6.54 Å². The molecule has 1 aromatic carbocycles. The van der Waals surface area contributed by atoms with Crippen molar-refractivity contribution in [1.29, 1.82) is 0 Å². The number of nitrogens with one attached hydrogen (secondary N) is 1. The fraction of sp³-hybridized carbons (Fsp3) is 0.429. The van der Waals surface area contributed by atoms with Crippen molar-refractivity contribution in [1.82, 2.24) is 19.9 Å². The molecule has 1 aliphatic heterocycles. The molecule has 0 radical (unpaired) electrons. The highest BCUT2D eigenvalue weighted by atomic mass is 15.2. The molecule has 3 atom stereocenters. The molecule has 0 spiro atoms. The Morgan fingerprint density at radius 3 is 2.88 bits per heavy atom. The van der Waals surface area contributed by atoms with Crippen LogP contribution in [-0.4, -0.2) is 32.4 Å². The molecule has 1 aliphatic carbocycles. The number of para-hydroxylation sites is 1. The van der Waals surface area contributed by atoms with Gasteiger partial charge in [0.1, 0.15) is 0 Å². The molecular weight excluding hydrogens is 308 g/mol. The molecule has 128 valence electrons. The van der Waals surface area contributed by atoms with E-state index in [1.807, 2.05) is 12.4 Å². The van der Waals surface area contributed by atoms with Gasteiger partial charge in [0.15, 0.2) is 0 Å². The molecule has 3 unspecified atom stereocenters. The van der Waals surface area contributed by atoms with Gasteiger partial charge in [0.2, 0.25) is 0 Å². The monoisotopic (exact) mass is 332 g/mol. The Balaban J connectivity index is 1.65. The normalized spacial score (nSPS) is 26.4. The first-order valence-corrected chi connectivity index (χ1v) is 9.48. The summed E-state index contributed by atoms with van der Waals surface area (Å²) in [5.74, 6) is 0.824. The summed E-state index contributed by atoms with van der Waals surface area (Å²) in [6.07, 6.45) is 10.6. The second kappa shape index (κ2) is 5.95. The Kier molecular flexibility index (Phi) is 3.59. The minimum Gasteiger partial charge on any atom is -0.357 e. The molecule has 1 N–H and O–H groups in total. The molecule has 0 bridgehead atoms. The van der Waals surface area contributed by atoms with Crippen LogP contribution < -0.4 is 0 Å². The fourth-order valence-corrected chi connectivity index (χ4v) is 4.85. The molecule has 0 saturated heterocycles. The van der Waals surface area contributed by atoms with Crippen LogP contribution in [0.1, 0.15) is 49.2 Å². The number of rotatable bonds is 3. The third-order valence-electron chi connectivity index (χ3n) is 6.26. The van der Waals surface area contributed by atoms with Gasteiger partial charge in [-0.3, -0.25) is 14.9 Å². The number of H-pyrrole nitrogens is 1.